The van der Waals surface area contributed by atoms with E-state index in [0.29, 0.717) is 6.42 Å². The summed E-state index contributed by atoms with van der Waals surface area (Å²) in [5.74, 6) is -1.09. The van der Waals surface area contributed by atoms with E-state index in [1.165, 1.54) is 4.88 Å². The molecular weight excluding hydrogens is 304 g/mol. The van der Waals surface area contributed by atoms with Gasteiger partial charge in [0.2, 0.25) is 0 Å². The number of hydrogen-bond donors (Lipinski definition) is 2. The third-order valence-electron chi connectivity index (χ3n) is 2.49. The molecular formula is C15H22N2O4S. The second-order valence-electron chi connectivity index (χ2n) is 5.85. The molecule has 0 aliphatic heterocycles. The first-order valence-electron chi connectivity index (χ1n) is 7.06. The number of nitrogens with one attached hydrogen (secondary N) is 2. The highest BCUT2D eigenvalue weighted by molar-refractivity contribution is 7.09. The smallest absolute Gasteiger partial charge is 0.321 e. The van der Waals surface area contributed by atoms with Crippen LogP contribution >= 0.6 is 11.3 Å². The summed E-state index contributed by atoms with van der Waals surface area (Å²) in [6.07, 6.45) is 1.73. The summed E-state index contributed by atoms with van der Waals surface area (Å²) in [5, 5.41) is 6.67. The Balaban J connectivity index is 2.15. The first-order valence-corrected chi connectivity index (χ1v) is 7.94. The van der Waals surface area contributed by atoms with Crippen LogP contribution in [0.1, 0.15) is 38.5 Å². The summed E-state index contributed by atoms with van der Waals surface area (Å²) in [7, 11) is 0. The zero-order valence-electron chi connectivity index (χ0n) is 13.1. The van der Waals surface area contributed by atoms with Crippen LogP contribution < -0.4 is 10.6 Å². The number of urea groups is 1. The molecule has 22 heavy (non-hydrogen) atoms. The molecule has 0 saturated heterocycles. The Morgan fingerprint density at radius 2 is 2.00 bits per heavy atom. The summed E-state index contributed by atoms with van der Waals surface area (Å²) < 4.78 is 4.83. The fourth-order valence-corrected chi connectivity index (χ4v) is 2.37. The standard InChI is InChI=1S/C15H22N2O4S/c1-15(2,3)17-14(20)16-12(18)10-21-13(19)8-4-6-11-7-5-9-22-11/h5,7,9H,4,6,8,10H2,1-3H3,(H2,16,17,18,20). The average molecular weight is 326 g/mol. The predicted molar refractivity (Wildman–Crippen MR) is 84.6 cm³/mol. The molecule has 0 unspecified atom stereocenters. The van der Waals surface area contributed by atoms with Crippen molar-refractivity contribution in [3.63, 3.8) is 0 Å². The van der Waals surface area contributed by atoms with Gasteiger partial charge in [0.15, 0.2) is 6.61 Å². The minimum atomic E-state index is -0.645. The molecule has 0 saturated carbocycles. The predicted octanol–water partition coefficient (Wildman–Crippen LogP) is 2.24. The molecule has 0 aromatic carbocycles. The average Bonchev–Trinajstić information content (AvgIpc) is 2.87. The third kappa shape index (κ3) is 8.41. The molecule has 1 aromatic heterocycles. The molecule has 1 heterocycles. The highest BCUT2D eigenvalue weighted by Crippen LogP contribution is 2.12. The van der Waals surface area contributed by atoms with Crippen LogP contribution in [0.4, 0.5) is 4.79 Å². The van der Waals surface area contributed by atoms with E-state index >= 15 is 0 Å². The van der Waals surface area contributed by atoms with Crippen molar-refractivity contribution in [2.24, 2.45) is 0 Å². The fraction of sp³-hybridized carbons (Fsp3) is 0.533. The van der Waals surface area contributed by atoms with Gasteiger partial charge in [0.05, 0.1) is 0 Å². The number of aryl methyl sites for hydroxylation is 1. The van der Waals surface area contributed by atoms with E-state index in [0.717, 1.165) is 6.42 Å². The molecule has 122 valence electrons. The molecule has 0 aliphatic carbocycles. The lowest BCUT2D eigenvalue weighted by molar-refractivity contribution is -0.148. The molecule has 7 heteroatoms. The number of imide groups is 1. The first kappa shape index (κ1) is 18.2. The lowest BCUT2D eigenvalue weighted by Gasteiger charge is -2.20. The number of esters is 1. The molecule has 6 nitrogen and oxygen atoms in total. The Morgan fingerprint density at radius 1 is 1.27 bits per heavy atom. The second-order valence-corrected chi connectivity index (χ2v) is 6.88. The quantitative estimate of drug-likeness (QED) is 0.785. The van der Waals surface area contributed by atoms with E-state index in [-0.39, 0.29) is 6.42 Å². The molecule has 0 radical (unpaired) electrons. The van der Waals surface area contributed by atoms with Crippen LogP contribution in [0.15, 0.2) is 17.5 Å². The van der Waals surface area contributed by atoms with Gasteiger partial charge in [-0.3, -0.25) is 14.9 Å². The van der Waals surface area contributed by atoms with E-state index in [1.54, 1.807) is 32.1 Å². The molecule has 0 fully saturated rings. The van der Waals surface area contributed by atoms with Gasteiger partial charge in [-0.2, -0.15) is 0 Å². The number of carbonyl (C=O) groups excluding carboxylic acids is 3. The Kier molecular flexibility index (Phi) is 7.04. The van der Waals surface area contributed by atoms with Crippen molar-refractivity contribution in [3.8, 4) is 0 Å². The minimum Gasteiger partial charge on any atom is -0.456 e. The zero-order valence-corrected chi connectivity index (χ0v) is 13.9. The summed E-state index contributed by atoms with van der Waals surface area (Å²) >= 11 is 1.64. The Morgan fingerprint density at radius 3 is 2.59 bits per heavy atom. The SMILES string of the molecule is CC(C)(C)NC(=O)NC(=O)COC(=O)CCCc1cccs1. The van der Waals surface area contributed by atoms with Crippen molar-refractivity contribution in [1.82, 2.24) is 10.6 Å². The van der Waals surface area contributed by atoms with Gasteiger partial charge in [-0.25, -0.2) is 4.79 Å². The van der Waals surface area contributed by atoms with Gasteiger partial charge in [0.25, 0.3) is 5.91 Å². The maximum atomic E-state index is 11.5. The monoisotopic (exact) mass is 326 g/mol. The Labute approximate surface area is 134 Å². The van der Waals surface area contributed by atoms with Crippen LogP contribution in [0, 0.1) is 0 Å². The second kappa shape index (κ2) is 8.53. The van der Waals surface area contributed by atoms with Crippen molar-refractivity contribution in [3.05, 3.63) is 22.4 Å². The van der Waals surface area contributed by atoms with Crippen molar-refractivity contribution in [2.75, 3.05) is 6.61 Å². The third-order valence-corrected chi connectivity index (χ3v) is 3.43. The number of thiophene rings is 1. The molecule has 1 aromatic rings. The molecule has 0 bridgehead atoms. The first-order chi connectivity index (χ1) is 10.3. The summed E-state index contributed by atoms with van der Waals surface area (Å²) in [6, 6.07) is 3.37. The van der Waals surface area contributed by atoms with Crippen LogP contribution in [-0.4, -0.2) is 30.1 Å². The van der Waals surface area contributed by atoms with E-state index < -0.39 is 30.1 Å². The Bertz CT molecular complexity index is 506. The molecule has 0 atom stereocenters. The lowest BCUT2D eigenvalue weighted by atomic mass is 10.1. The van der Waals surface area contributed by atoms with Gasteiger partial charge < -0.3 is 10.1 Å². The van der Waals surface area contributed by atoms with Crippen molar-refractivity contribution in [2.45, 2.75) is 45.6 Å². The number of amides is 3. The van der Waals surface area contributed by atoms with Gasteiger partial charge in [-0.05, 0) is 45.1 Å². The van der Waals surface area contributed by atoms with E-state index in [9.17, 15) is 14.4 Å². The number of ether oxygens (including phenoxy) is 1. The number of carbonyl (C=O) groups is 3. The van der Waals surface area contributed by atoms with Crippen LogP contribution in [0.3, 0.4) is 0 Å². The van der Waals surface area contributed by atoms with Crippen LogP contribution in [-0.2, 0) is 20.7 Å². The van der Waals surface area contributed by atoms with E-state index in [1.807, 2.05) is 17.5 Å². The van der Waals surface area contributed by atoms with Crippen molar-refractivity contribution >= 4 is 29.2 Å². The fourth-order valence-electron chi connectivity index (χ4n) is 1.61. The topological polar surface area (TPSA) is 84.5 Å². The van der Waals surface area contributed by atoms with Crippen LogP contribution in [0.5, 0.6) is 0 Å². The molecule has 3 amide bonds. The summed E-state index contributed by atoms with van der Waals surface area (Å²) in [6.45, 7) is 4.94. The lowest BCUT2D eigenvalue weighted by Crippen LogP contribution is -2.49. The van der Waals surface area contributed by atoms with Crippen molar-refractivity contribution < 1.29 is 19.1 Å². The van der Waals surface area contributed by atoms with E-state index in [2.05, 4.69) is 10.6 Å². The number of rotatable bonds is 6. The zero-order chi connectivity index (χ0) is 16.6. The minimum absolute atomic E-state index is 0.249. The molecule has 0 spiro atoms. The van der Waals surface area contributed by atoms with Gasteiger partial charge in [0.1, 0.15) is 0 Å². The highest BCUT2D eigenvalue weighted by atomic mass is 32.1. The largest absolute Gasteiger partial charge is 0.456 e. The van der Waals surface area contributed by atoms with Gasteiger partial charge >= 0.3 is 12.0 Å². The van der Waals surface area contributed by atoms with Crippen LogP contribution in [0.2, 0.25) is 0 Å². The summed E-state index contributed by atoms with van der Waals surface area (Å²) in [5.41, 5.74) is -0.442. The van der Waals surface area contributed by atoms with E-state index in [4.69, 9.17) is 4.74 Å². The molecule has 1 rings (SSSR count). The van der Waals surface area contributed by atoms with Gasteiger partial charge in [0, 0.05) is 16.8 Å². The Hall–Kier alpha value is -1.89. The maximum absolute atomic E-state index is 11.5. The van der Waals surface area contributed by atoms with Crippen molar-refractivity contribution in [1.29, 1.82) is 0 Å². The molecule has 0 aliphatic rings. The molecule has 2 N–H and O–H groups in total. The highest BCUT2D eigenvalue weighted by Gasteiger charge is 2.16. The van der Waals surface area contributed by atoms with Gasteiger partial charge in [-0.15, -0.1) is 11.3 Å². The summed E-state index contributed by atoms with van der Waals surface area (Å²) in [4.78, 5) is 35.6. The van der Waals surface area contributed by atoms with Gasteiger partial charge in [-0.1, -0.05) is 6.07 Å². The number of hydrogen-bond acceptors (Lipinski definition) is 5. The normalized spacial score (nSPS) is 10.9. The van der Waals surface area contributed by atoms with Crippen LogP contribution in [0.25, 0.3) is 0 Å². The maximum Gasteiger partial charge on any atom is 0.321 e.